The normalized spacial score (nSPS) is 38.5. The molecule has 1 aliphatic heterocycles. The number of carboxylic acids is 1. The van der Waals surface area contributed by atoms with Crippen LogP contribution in [0.4, 0.5) is 0 Å². The standard InChI is InChI=1S/C13H16O6/c1-13(2)18-9-5-4-6(10(9)19-13)8(12(16)17-3)7(5)11(14)15/h5-6,9-10H,4H2,1-3H3,(H,14,15)/t5-,6+,9-,10+/m0/s1. The molecule has 2 aliphatic carbocycles. The van der Waals surface area contributed by atoms with E-state index in [0.717, 1.165) is 0 Å². The number of carbonyl (C=O) groups is 2. The number of carbonyl (C=O) groups excluding carboxylic acids is 1. The van der Waals surface area contributed by atoms with Crippen LogP contribution in [0.1, 0.15) is 20.3 Å². The summed E-state index contributed by atoms with van der Waals surface area (Å²) >= 11 is 0. The van der Waals surface area contributed by atoms with Crippen LogP contribution in [-0.2, 0) is 23.8 Å². The summed E-state index contributed by atoms with van der Waals surface area (Å²) in [4.78, 5) is 23.2. The van der Waals surface area contributed by atoms with Crippen molar-refractivity contribution in [3.8, 4) is 0 Å². The first kappa shape index (κ1) is 12.6. The van der Waals surface area contributed by atoms with Crippen LogP contribution < -0.4 is 0 Å². The van der Waals surface area contributed by atoms with Crippen LogP contribution >= 0.6 is 0 Å². The lowest BCUT2D eigenvalue weighted by Gasteiger charge is -2.24. The highest BCUT2D eigenvalue weighted by Crippen LogP contribution is 2.55. The minimum absolute atomic E-state index is 0.138. The molecule has 0 aromatic heterocycles. The number of carboxylic acid groups (broad SMARTS) is 1. The first-order valence-electron chi connectivity index (χ1n) is 6.27. The van der Waals surface area contributed by atoms with Gasteiger partial charge in [0, 0.05) is 11.8 Å². The Labute approximate surface area is 110 Å². The zero-order valence-electron chi connectivity index (χ0n) is 11.0. The lowest BCUT2D eigenvalue weighted by molar-refractivity contribution is -0.158. The molecule has 4 atom stereocenters. The second kappa shape index (κ2) is 3.80. The van der Waals surface area contributed by atoms with E-state index in [-0.39, 0.29) is 35.2 Å². The predicted molar refractivity (Wildman–Crippen MR) is 62.1 cm³/mol. The van der Waals surface area contributed by atoms with Crippen LogP contribution in [0.5, 0.6) is 0 Å². The van der Waals surface area contributed by atoms with E-state index < -0.39 is 17.7 Å². The first-order chi connectivity index (χ1) is 8.85. The highest BCUT2D eigenvalue weighted by atomic mass is 16.8. The average Bonchev–Trinajstić information content (AvgIpc) is 2.93. The van der Waals surface area contributed by atoms with Crippen molar-refractivity contribution >= 4 is 11.9 Å². The molecule has 1 saturated carbocycles. The summed E-state index contributed by atoms with van der Waals surface area (Å²) in [6, 6.07) is 0. The van der Waals surface area contributed by atoms with Crippen molar-refractivity contribution in [2.45, 2.75) is 38.3 Å². The van der Waals surface area contributed by atoms with Crippen LogP contribution in [0.2, 0.25) is 0 Å². The van der Waals surface area contributed by atoms with E-state index in [4.69, 9.17) is 14.2 Å². The van der Waals surface area contributed by atoms with Gasteiger partial charge in [0.15, 0.2) is 5.79 Å². The van der Waals surface area contributed by atoms with Crippen molar-refractivity contribution in [1.82, 2.24) is 0 Å². The van der Waals surface area contributed by atoms with E-state index in [1.165, 1.54) is 7.11 Å². The molecule has 6 heteroatoms. The van der Waals surface area contributed by atoms with Crippen molar-refractivity contribution < 1.29 is 28.9 Å². The third-order valence-electron chi connectivity index (χ3n) is 4.13. The van der Waals surface area contributed by atoms with Crippen molar-refractivity contribution in [3.05, 3.63) is 11.1 Å². The van der Waals surface area contributed by atoms with E-state index >= 15 is 0 Å². The molecule has 19 heavy (non-hydrogen) atoms. The smallest absolute Gasteiger partial charge is 0.334 e. The highest BCUT2D eigenvalue weighted by molar-refractivity contribution is 6.02. The Morgan fingerprint density at radius 3 is 2.21 bits per heavy atom. The molecule has 2 bridgehead atoms. The minimum atomic E-state index is -1.07. The van der Waals surface area contributed by atoms with Gasteiger partial charge in [-0.3, -0.25) is 0 Å². The molecule has 0 unspecified atom stereocenters. The molecular formula is C13H16O6. The van der Waals surface area contributed by atoms with Gasteiger partial charge in [-0.1, -0.05) is 0 Å². The summed E-state index contributed by atoms with van der Waals surface area (Å²) < 4.78 is 16.3. The maximum atomic E-state index is 11.8. The Morgan fingerprint density at radius 2 is 1.74 bits per heavy atom. The van der Waals surface area contributed by atoms with Gasteiger partial charge in [0.2, 0.25) is 0 Å². The van der Waals surface area contributed by atoms with Gasteiger partial charge in [-0.05, 0) is 20.3 Å². The largest absolute Gasteiger partial charge is 0.478 e. The summed E-state index contributed by atoms with van der Waals surface area (Å²) in [6.07, 6.45) is 0.0500. The van der Waals surface area contributed by atoms with Gasteiger partial charge in [-0.25, -0.2) is 9.59 Å². The van der Waals surface area contributed by atoms with Gasteiger partial charge >= 0.3 is 11.9 Å². The molecule has 1 saturated heterocycles. The maximum absolute atomic E-state index is 11.8. The Bertz CT molecular complexity index is 491. The number of esters is 1. The monoisotopic (exact) mass is 268 g/mol. The molecule has 0 aromatic rings. The van der Waals surface area contributed by atoms with E-state index in [2.05, 4.69) is 0 Å². The highest BCUT2D eigenvalue weighted by Gasteiger charge is 2.62. The van der Waals surface area contributed by atoms with Crippen molar-refractivity contribution in [3.63, 3.8) is 0 Å². The van der Waals surface area contributed by atoms with Crippen molar-refractivity contribution in [2.75, 3.05) is 7.11 Å². The van der Waals surface area contributed by atoms with E-state index in [0.29, 0.717) is 6.42 Å². The summed E-state index contributed by atoms with van der Waals surface area (Å²) in [7, 11) is 1.26. The quantitative estimate of drug-likeness (QED) is 0.743. The zero-order chi connectivity index (χ0) is 13.9. The SMILES string of the molecule is COC(=O)C1=C(C(=O)O)[C@@H]2C[C@H]1[C@H]1OC(C)(C)O[C@H]12. The van der Waals surface area contributed by atoms with Gasteiger partial charge in [0.25, 0.3) is 0 Å². The summed E-state index contributed by atoms with van der Waals surface area (Å²) in [5, 5.41) is 9.34. The topological polar surface area (TPSA) is 82.1 Å². The Morgan fingerprint density at radius 1 is 1.21 bits per heavy atom. The van der Waals surface area contributed by atoms with Crippen molar-refractivity contribution in [1.29, 1.82) is 0 Å². The number of hydrogen-bond donors (Lipinski definition) is 1. The number of hydrogen-bond acceptors (Lipinski definition) is 5. The second-order valence-corrected chi connectivity index (χ2v) is 5.64. The molecule has 0 amide bonds. The molecule has 1 N–H and O–H groups in total. The second-order valence-electron chi connectivity index (χ2n) is 5.64. The van der Waals surface area contributed by atoms with Crippen LogP contribution in [0, 0.1) is 11.8 Å². The Kier molecular flexibility index (Phi) is 2.53. The van der Waals surface area contributed by atoms with Gasteiger partial charge in [0.05, 0.1) is 30.5 Å². The fourth-order valence-corrected chi connectivity index (χ4v) is 3.59. The number of methoxy groups -OCH3 is 1. The number of ether oxygens (including phenoxy) is 3. The zero-order valence-corrected chi connectivity index (χ0v) is 11.0. The van der Waals surface area contributed by atoms with Gasteiger partial charge in [0.1, 0.15) is 0 Å². The lowest BCUT2D eigenvalue weighted by Crippen LogP contribution is -2.35. The fourth-order valence-electron chi connectivity index (χ4n) is 3.59. The molecule has 0 aromatic carbocycles. The summed E-state index contributed by atoms with van der Waals surface area (Å²) in [5.41, 5.74) is 0.391. The summed E-state index contributed by atoms with van der Waals surface area (Å²) in [5.74, 6) is -2.91. The first-order valence-corrected chi connectivity index (χ1v) is 6.27. The van der Waals surface area contributed by atoms with Crippen LogP contribution in [-0.4, -0.2) is 42.1 Å². The molecule has 0 radical (unpaired) electrons. The van der Waals surface area contributed by atoms with Crippen molar-refractivity contribution in [2.24, 2.45) is 11.8 Å². The van der Waals surface area contributed by atoms with Crippen LogP contribution in [0.3, 0.4) is 0 Å². The Hall–Kier alpha value is -1.40. The number of aliphatic carboxylic acids is 1. The third kappa shape index (κ3) is 1.63. The van der Waals surface area contributed by atoms with Crippen LogP contribution in [0.25, 0.3) is 0 Å². The lowest BCUT2D eigenvalue weighted by atomic mass is 9.87. The molecular weight excluding hydrogens is 252 g/mol. The van der Waals surface area contributed by atoms with Crippen LogP contribution in [0.15, 0.2) is 11.1 Å². The summed E-state index contributed by atoms with van der Waals surface area (Å²) in [6.45, 7) is 3.59. The Balaban J connectivity index is 2.02. The average molecular weight is 268 g/mol. The van der Waals surface area contributed by atoms with Gasteiger partial charge < -0.3 is 19.3 Å². The predicted octanol–water partition coefficient (Wildman–Crippen LogP) is 0.710. The van der Waals surface area contributed by atoms with Gasteiger partial charge in [-0.15, -0.1) is 0 Å². The van der Waals surface area contributed by atoms with E-state index in [9.17, 15) is 14.7 Å². The minimum Gasteiger partial charge on any atom is -0.478 e. The molecule has 3 aliphatic rings. The maximum Gasteiger partial charge on any atom is 0.334 e. The molecule has 104 valence electrons. The van der Waals surface area contributed by atoms with E-state index in [1.807, 2.05) is 0 Å². The molecule has 6 nitrogen and oxygen atoms in total. The van der Waals surface area contributed by atoms with Gasteiger partial charge in [-0.2, -0.15) is 0 Å². The third-order valence-corrected chi connectivity index (χ3v) is 4.13. The van der Waals surface area contributed by atoms with E-state index in [1.54, 1.807) is 13.8 Å². The molecule has 3 rings (SSSR count). The molecule has 2 fully saturated rings. The fraction of sp³-hybridized carbons (Fsp3) is 0.692. The number of fused-ring (bicyclic) bond motifs is 5. The molecule has 0 spiro atoms. The number of rotatable bonds is 2. The molecule has 1 heterocycles.